The summed E-state index contributed by atoms with van der Waals surface area (Å²) in [5.41, 5.74) is 0.711. The van der Waals surface area contributed by atoms with E-state index in [-0.39, 0.29) is 4.90 Å². The SMILES string of the molecule is Cc1ccc(Cl)cc1S(=O)[O-]. The van der Waals surface area contributed by atoms with Crippen LogP contribution in [0.4, 0.5) is 0 Å². The first-order valence-corrected chi connectivity index (χ1v) is 4.42. The molecule has 11 heavy (non-hydrogen) atoms. The maximum atomic E-state index is 10.5. The zero-order chi connectivity index (χ0) is 8.43. The first-order chi connectivity index (χ1) is 5.11. The van der Waals surface area contributed by atoms with Gasteiger partial charge in [0.1, 0.15) is 0 Å². The van der Waals surface area contributed by atoms with Crippen LogP contribution in [0.2, 0.25) is 5.02 Å². The van der Waals surface area contributed by atoms with Crippen LogP contribution in [0, 0.1) is 6.92 Å². The first-order valence-electron chi connectivity index (χ1n) is 2.96. The van der Waals surface area contributed by atoms with Crippen molar-refractivity contribution < 1.29 is 8.76 Å². The summed E-state index contributed by atoms with van der Waals surface area (Å²) in [6.45, 7) is 1.72. The van der Waals surface area contributed by atoms with Crippen LogP contribution in [0.25, 0.3) is 0 Å². The lowest BCUT2D eigenvalue weighted by Crippen LogP contribution is -1.91. The third-order valence-corrected chi connectivity index (χ3v) is 2.36. The fraction of sp³-hybridized carbons (Fsp3) is 0.143. The Kier molecular flexibility index (Phi) is 2.65. The normalized spacial score (nSPS) is 13.0. The average molecular weight is 190 g/mol. The number of hydrogen-bond donors (Lipinski definition) is 0. The van der Waals surface area contributed by atoms with Crippen LogP contribution in [0.3, 0.4) is 0 Å². The van der Waals surface area contributed by atoms with Crippen LogP contribution in [-0.4, -0.2) is 8.76 Å². The van der Waals surface area contributed by atoms with Gasteiger partial charge in [-0.2, -0.15) is 0 Å². The lowest BCUT2D eigenvalue weighted by Gasteiger charge is -2.08. The predicted octanol–water partition coefficient (Wildman–Crippen LogP) is 1.89. The van der Waals surface area contributed by atoms with E-state index in [4.69, 9.17) is 11.6 Å². The monoisotopic (exact) mass is 189 g/mol. The summed E-state index contributed by atoms with van der Waals surface area (Å²) >= 11 is 3.40. The van der Waals surface area contributed by atoms with Gasteiger partial charge in [-0.05, 0) is 35.7 Å². The molecule has 1 aromatic rings. The molecule has 1 atom stereocenters. The molecular weight excluding hydrogens is 184 g/mol. The maximum Gasteiger partial charge on any atom is 0.0417 e. The van der Waals surface area contributed by atoms with E-state index in [1.807, 2.05) is 0 Å². The molecule has 0 aliphatic heterocycles. The van der Waals surface area contributed by atoms with Gasteiger partial charge in [-0.3, -0.25) is 4.21 Å². The fourth-order valence-corrected chi connectivity index (χ4v) is 1.54. The van der Waals surface area contributed by atoms with Crippen LogP contribution in [0.15, 0.2) is 23.1 Å². The molecule has 0 saturated heterocycles. The first kappa shape index (κ1) is 8.71. The smallest absolute Gasteiger partial charge is 0.0417 e. The number of halogens is 1. The Morgan fingerprint density at radius 1 is 1.55 bits per heavy atom. The van der Waals surface area contributed by atoms with Gasteiger partial charge < -0.3 is 4.55 Å². The van der Waals surface area contributed by atoms with Crippen molar-refractivity contribution in [3.8, 4) is 0 Å². The number of rotatable bonds is 1. The Labute approximate surface area is 72.5 Å². The molecule has 60 valence electrons. The summed E-state index contributed by atoms with van der Waals surface area (Å²) in [5, 5.41) is 0.440. The van der Waals surface area contributed by atoms with E-state index in [9.17, 15) is 8.76 Å². The predicted molar refractivity (Wildman–Crippen MR) is 43.4 cm³/mol. The Morgan fingerprint density at radius 3 is 2.64 bits per heavy atom. The van der Waals surface area contributed by atoms with E-state index in [1.165, 1.54) is 6.07 Å². The molecule has 0 saturated carbocycles. The second-order valence-electron chi connectivity index (χ2n) is 2.14. The lowest BCUT2D eigenvalue weighted by atomic mass is 10.2. The van der Waals surface area contributed by atoms with E-state index in [0.29, 0.717) is 10.6 Å². The Morgan fingerprint density at radius 2 is 2.18 bits per heavy atom. The minimum Gasteiger partial charge on any atom is -0.768 e. The van der Waals surface area contributed by atoms with Crippen molar-refractivity contribution in [2.24, 2.45) is 0 Å². The Balaban J connectivity index is 3.23. The van der Waals surface area contributed by atoms with Gasteiger partial charge in [-0.25, -0.2) is 0 Å². The van der Waals surface area contributed by atoms with Crippen molar-refractivity contribution in [1.29, 1.82) is 0 Å². The zero-order valence-electron chi connectivity index (χ0n) is 5.83. The molecule has 0 heterocycles. The van der Waals surface area contributed by atoms with Crippen molar-refractivity contribution in [2.75, 3.05) is 0 Å². The molecular formula is C7H6ClO2S-. The lowest BCUT2D eigenvalue weighted by molar-refractivity contribution is 0.536. The summed E-state index contributed by atoms with van der Waals surface area (Å²) in [4.78, 5) is 0.262. The molecule has 0 fully saturated rings. The second kappa shape index (κ2) is 3.34. The van der Waals surface area contributed by atoms with Crippen molar-refractivity contribution in [3.05, 3.63) is 28.8 Å². The van der Waals surface area contributed by atoms with E-state index in [2.05, 4.69) is 0 Å². The Hall–Kier alpha value is -0.380. The fourth-order valence-electron chi connectivity index (χ4n) is 0.753. The molecule has 0 radical (unpaired) electrons. The van der Waals surface area contributed by atoms with Gasteiger partial charge in [0.05, 0.1) is 0 Å². The minimum atomic E-state index is -2.19. The second-order valence-corrected chi connectivity index (χ2v) is 3.49. The third-order valence-electron chi connectivity index (χ3n) is 1.33. The summed E-state index contributed by atoms with van der Waals surface area (Å²) in [6, 6.07) is 4.76. The quantitative estimate of drug-likeness (QED) is 0.633. The van der Waals surface area contributed by atoms with E-state index >= 15 is 0 Å². The number of benzene rings is 1. The minimum absolute atomic E-state index is 0.262. The van der Waals surface area contributed by atoms with Crippen LogP contribution in [0.1, 0.15) is 5.56 Å². The largest absolute Gasteiger partial charge is 0.768 e. The van der Waals surface area contributed by atoms with E-state index < -0.39 is 11.1 Å². The van der Waals surface area contributed by atoms with Crippen LogP contribution < -0.4 is 0 Å². The molecule has 1 aromatic carbocycles. The van der Waals surface area contributed by atoms with Gasteiger partial charge in [0, 0.05) is 9.92 Å². The molecule has 1 rings (SSSR count). The highest BCUT2D eigenvalue weighted by Crippen LogP contribution is 2.17. The van der Waals surface area contributed by atoms with Gasteiger partial charge in [0.25, 0.3) is 0 Å². The molecule has 2 nitrogen and oxygen atoms in total. The Bertz CT molecular complexity index is 298. The van der Waals surface area contributed by atoms with Gasteiger partial charge in [0.15, 0.2) is 0 Å². The highest BCUT2D eigenvalue weighted by Gasteiger charge is 1.98. The van der Waals surface area contributed by atoms with Gasteiger partial charge in [-0.1, -0.05) is 17.7 Å². The summed E-state index contributed by atoms with van der Waals surface area (Å²) in [5.74, 6) is 0. The van der Waals surface area contributed by atoms with Crippen LogP contribution in [-0.2, 0) is 11.1 Å². The average Bonchev–Trinajstić information content (AvgIpc) is 1.94. The van der Waals surface area contributed by atoms with Gasteiger partial charge >= 0.3 is 0 Å². The molecule has 0 spiro atoms. The van der Waals surface area contributed by atoms with E-state index in [1.54, 1.807) is 19.1 Å². The highest BCUT2D eigenvalue weighted by molar-refractivity contribution is 7.79. The molecule has 1 unspecified atom stereocenters. The van der Waals surface area contributed by atoms with Gasteiger partial charge in [-0.15, -0.1) is 0 Å². The molecule has 0 amide bonds. The van der Waals surface area contributed by atoms with Crippen molar-refractivity contribution in [2.45, 2.75) is 11.8 Å². The van der Waals surface area contributed by atoms with Gasteiger partial charge in [0.2, 0.25) is 0 Å². The van der Waals surface area contributed by atoms with Crippen molar-refractivity contribution in [1.82, 2.24) is 0 Å². The zero-order valence-corrected chi connectivity index (χ0v) is 7.41. The maximum absolute atomic E-state index is 10.5. The molecule has 0 aliphatic rings. The molecule has 0 bridgehead atoms. The number of hydrogen-bond acceptors (Lipinski definition) is 2. The van der Waals surface area contributed by atoms with Crippen LogP contribution >= 0.6 is 11.6 Å². The molecule has 0 aromatic heterocycles. The molecule has 4 heteroatoms. The molecule has 0 aliphatic carbocycles. The van der Waals surface area contributed by atoms with E-state index in [0.717, 1.165) is 0 Å². The summed E-state index contributed by atoms with van der Waals surface area (Å²) in [6.07, 6.45) is 0. The van der Waals surface area contributed by atoms with Crippen LogP contribution in [0.5, 0.6) is 0 Å². The van der Waals surface area contributed by atoms with Crippen molar-refractivity contribution >= 4 is 22.7 Å². The highest BCUT2D eigenvalue weighted by atomic mass is 35.5. The third kappa shape index (κ3) is 2.02. The summed E-state index contributed by atoms with van der Waals surface area (Å²) in [7, 11) is 0. The molecule has 0 N–H and O–H groups in total. The number of aryl methyl sites for hydroxylation is 1. The summed E-state index contributed by atoms with van der Waals surface area (Å²) < 4.78 is 21.0. The topological polar surface area (TPSA) is 40.1 Å². The van der Waals surface area contributed by atoms with Crippen molar-refractivity contribution in [3.63, 3.8) is 0 Å². The standard InChI is InChI=1S/C7H7ClO2S/c1-5-2-3-6(8)4-7(5)11(9)10/h2-4H,1H3,(H,9,10)/p-1.